The Hall–Kier alpha value is -13.4. The highest BCUT2D eigenvalue weighted by Crippen LogP contribution is 2.45. The Balaban J connectivity index is 0.000000131. The lowest BCUT2D eigenvalue weighted by molar-refractivity contribution is -0.661. The van der Waals surface area contributed by atoms with Gasteiger partial charge in [0.15, 0.2) is 58.9 Å². The molecule has 20 rings (SSSR count). The van der Waals surface area contributed by atoms with Gasteiger partial charge in [0.25, 0.3) is 0 Å². The lowest BCUT2D eigenvalue weighted by Gasteiger charge is -2.13. The second-order valence-corrected chi connectivity index (χ2v) is 37.2. The molecule has 0 N–H and O–H groups in total. The number of rotatable bonds is 15. The molecule has 0 fully saturated rings. The first-order chi connectivity index (χ1) is 68.7. The molecule has 0 amide bonds. The number of hydrogen-bond acceptors (Lipinski definition) is 10. The quantitative estimate of drug-likeness (QED) is 0.0908. The molecule has 684 valence electrons. The maximum Gasteiger partial charge on any atom is 0.227 e. The Kier molecular flexibility index (Phi) is 22.3. The van der Waals surface area contributed by atoms with Crippen molar-refractivity contribution in [1.82, 2.24) is 24.9 Å². The predicted octanol–water partition coefficient (Wildman–Crippen LogP) is 28.6. The van der Waals surface area contributed by atoms with Crippen LogP contribution in [0.4, 0.5) is 0 Å². The monoisotopic (exact) mass is 1800 g/mol. The minimum atomic E-state index is -2.88. The summed E-state index contributed by atoms with van der Waals surface area (Å²) >= 11 is 0. The minimum Gasteiger partial charge on any atom is -0.437 e. The molecule has 0 aliphatic rings. The van der Waals surface area contributed by atoms with E-state index in [2.05, 4.69) is 191 Å². The normalized spacial score (nSPS) is 13.9. The Bertz CT molecular complexity index is 8620. The number of pyridine rings is 10. The summed E-state index contributed by atoms with van der Waals surface area (Å²) in [4.78, 5) is 22.6. The molecular formula is C119H133N10O5+5. The van der Waals surface area contributed by atoms with E-state index in [4.69, 9.17) is 39.9 Å². The number of fused-ring (bicyclic) bond motifs is 15. The van der Waals surface area contributed by atoms with Crippen molar-refractivity contribution in [2.45, 2.75) is 228 Å². The minimum absolute atomic E-state index is 0.0134. The average Bonchev–Trinajstić information content (AvgIpc) is 1.07. The summed E-state index contributed by atoms with van der Waals surface area (Å²) in [5.74, 6) is -1.28. The van der Waals surface area contributed by atoms with Gasteiger partial charge >= 0.3 is 0 Å². The van der Waals surface area contributed by atoms with Crippen LogP contribution in [-0.4, -0.2) is 24.9 Å². The van der Waals surface area contributed by atoms with Gasteiger partial charge in [0, 0.05) is 159 Å². The second-order valence-electron chi connectivity index (χ2n) is 37.2. The molecule has 15 heterocycles. The molecule has 0 spiro atoms. The molecule has 0 unspecified atom stereocenters. The Morgan fingerprint density at radius 1 is 0.291 bits per heavy atom. The van der Waals surface area contributed by atoms with Gasteiger partial charge < -0.3 is 22.1 Å². The predicted molar refractivity (Wildman–Crippen MR) is 551 cm³/mol. The van der Waals surface area contributed by atoms with Crippen molar-refractivity contribution < 1.29 is 62.7 Å². The Morgan fingerprint density at radius 3 is 0.776 bits per heavy atom. The van der Waals surface area contributed by atoms with E-state index in [1.54, 1.807) is 65.4 Å². The van der Waals surface area contributed by atoms with Gasteiger partial charge in [-0.15, -0.1) is 0 Å². The third-order valence-electron chi connectivity index (χ3n) is 26.1. The van der Waals surface area contributed by atoms with E-state index in [1.807, 2.05) is 162 Å². The molecule has 134 heavy (non-hydrogen) atoms. The largest absolute Gasteiger partial charge is 0.437 e. The lowest BCUT2D eigenvalue weighted by Crippen LogP contribution is -2.32. The fourth-order valence-corrected chi connectivity index (χ4v) is 18.9. The zero-order valence-corrected chi connectivity index (χ0v) is 82.9. The fourth-order valence-electron chi connectivity index (χ4n) is 18.9. The van der Waals surface area contributed by atoms with Crippen molar-refractivity contribution >= 4 is 110 Å². The van der Waals surface area contributed by atoms with Gasteiger partial charge in [-0.2, -0.15) is 0 Å². The Labute approximate surface area is 808 Å². The van der Waals surface area contributed by atoms with E-state index in [0.29, 0.717) is 62.5 Å². The van der Waals surface area contributed by atoms with Crippen molar-refractivity contribution in [3.63, 3.8) is 0 Å². The van der Waals surface area contributed by atoms with Crippen LogP contribution in [0.3, 0.4) is 0 Å². The summed E-state index contributed by atoms with van der Waals surface area (Å²) < 4.78 is 148. The number of furan rings is 5. The van der Waals surface area contributed by atoms with E-state index < -0.39 is 44.1 Å². The van der Waals surface area contributed by atoms with Crippen LogP contribution in [0.15, 0.2) is 211 Å². The molecule has 15 aromatic heterocycles. The van der Waals surface area contributed by atoms with Gasteiger partial charge in [-0.3, -0.25) is 0 Å². The first-order valence-electron chi connectivity index (χ1n) is 52.8. The van der Waals surface area contributed by atoms with E-state index in [1.165, 1.54) is 35.5 Å². The zero-order chi connectivity index (χ0) is 107. The summed E-state index contributed by atoms with van der Waals surface area (Å²) in [6.07, 6.45) is 5.24. The van der Waals surface area contributed by atoms with Crippen LogP contribution in [0.25, 0.3) is 167 Å². The van der Waals surface area contributed by atoms with Gasteiger partial charge in [-0.05, 0) is 240 Å². The smallest absolute Gasteiger partial charge is 0.227 e. The highest BCUT2D eigenvalue weighted by Gasteiger charge is 2.32. The highest BCUT2D eigenvalue weighted by atomic mass is 16.4. The van der Waals surface area contributed by atoms with E-state index in [9.17, 15) is 0 Å². The number of nitrogens with zero attached hydrogens (tertiary/aromatic N) is 10. The first kappa shape index (κ1) is 78.1. The number of aromatic nitrogens is 10. The molecule has 15 nitrogen and oxygen atoms in total. The van der Waals surface area contributed by atoms with Crippen molar-refractivity contribution in [2.24, 2.45) is 35.2 Å². The first-order valence-corrected chi connectivity index (χ1v) is 46.3. The molecule has 0 aliphatic carbocycles. The van der Waals surface area contributed by atoms with Gasteiger partial charge in [0.2, 0.25) is 57.0 Å². The molecule has 0 bridgehead atoms. The molecule has 0 saturated carbocycles. The van der Waals surface area contributed by atoms with Crippen LogP contribution in [0, 0.1) is 62.3 Å². The van der Waals surface area contributed by atoms with Gasteiger partial charge in [-0.25, -0.2) is 47.8 Å². The van der Waals surface area contributed by atoms with Gasteiger partial charge in [0.1, 0.15) is 35.2 Å². The zero-order valence-electron chi connectivity index (χ0n) is 95.9. The maximum absolute atomic E-state index is 8.66. The lowest BCUT2D eigenvalue weighted by atomic mass is 9.93. The van der Waals surface area contributed by atoms with E-state index in [-0.39, 0.29) is 17.4 Å². The molecule has 20 aromatic rings. The van der Waals surface area contributed by atoms with Crippen LogP contribution in [-0.2, 0) is 67.2 Å². The maximum atomic E-state index is 8.66. The molecule has 0 radical (unpaired) electrons. The molecule has 0 aliphatic heterocycles. The van der Waals surface area contributed by atoms with Crippen LogP contribution < -0.4 is 22.8 Å². The summed E-state index contributed by atoms with van der Waals surface area (Å²) in [5.41, 5.74) is 33.8. The number of benzene rings is 5. The van der Waals surface area contributed by atoms with Crippen LogP contribution >= 0.6 is 0 Å². The highest BCUT2D eigenvalue weighted by molar-refractivity contribution is 6.13. The Morgan fingerprint density at radius 2 is 0.522 bits per heavy atom. The molecule has 15 heteroatoms. The van der Waals surface area contributed by atoms with Crippen molar-refractivity contribution in [1.29, 1.82) is 0 Å². The summed E-state index contributed by atoms with van der Waals surface area (Å²) in [5, 5.41) is 10.1. The third-order valence-corrected chi connectivity index (χ3v) is 26.1. The molecule has 0 atom stereocenters. The second kappa shape index (κ2) is 38.3. The number of aryl methyl sites for hydroxylation is 19. The van der Waals surface area contributed by atoms with Crippen molar-refractivity contribution in [2.75, 3.05) is 0 Å². The number of hydrogen-bond donors (Lipinski definition) is 0. The average molecular weight is 1800 g/mol. The van der Waals surface area contributed by atoms with Crippen molar-refractivity contribution in [3.8, 4) is 56.3 Å². The van der Waals surface area contributed by atoms with Crippen LogP contribution in [0.5, 0.6) is 0 Å². The van der Waals surface area contributed by atoms with E-state index in [0.717, 1.165) is 195 Å². The van der Waals surface area contributed by atoms with E-state index >= 15 is 0 Å². The molecular weight excluding hydrogens is 1650 g/mol. The standard InChI is InChI=1S/4C24H27N2O.C23H25N2O/c4*1-7-17-13-26(6)21(12-20(17)14(2)3)22-15(4)8-10-18-19-11-9-16(5)25-24(19)27-23(18)22;1-6-16-13-25(5)20(12-19(16)14(2)3)21-15(4)9-10-17-18-8-7-11-24-23(18)26-22(17)21/h4*8-14H,7H2,1-6H3;7-14H,6H2,1-5H3/q5*+1/i1D3,7D2,14D;7D2,14D;7D2;;6D2. The topological polar surface area (TPSA) is 150 Å². The van der Waals surface area contributed by atoms with Crippen molar-refractivity contribution in [3.05, 3.63) is 295 Å². The fraction of sp³-hybridized carbons (Fsp3) is 0.328. The van der Waals surface area contributed by atoms with Crippen LogP contribution in [0.1, 0.15) is 257 Å². The van der Waals surface area contributed by atoms with Gasteiger partial charge in [0.05, 0.1) is 27.8 Å². The molecule has 0 saturated heterocycles. The molecule has 5 aromatic carbocycles. The van der Waals surface area contributed by atoms with Gasteiger partial charge in [-0.1, -0.05) is 164 Å². The summed E-state index contributed by atoms with van der Waals surface area (Å²) in [6, 6.07) is 51.2. The SMILES string of the molecule is CCc1c[n+](C)c(-c2c(C)ccc3c2oc2nc(C)ccc23)cc1C(C)C.[2H]C(C)(C)c1cc(-c2c(C)ccc3c2oc2nc(C)ccc23)[n+](C)cc1C([2H])([2H])C([2H])([2H])[2H].[2H]C([2H])(C)c1c[n+](C)c(-c2c(C)ccc3c2oc2nc(C)ccc23)cc1C(C)C.[2H]C([2H])(C)c1c[n+](C)c(-c2c(C)ccc3c2oc2nc(C)ccc23)cc1C([2H])(C)C.[2H]C([2H])(C)c1c[n+](C)c(-c2c(C)ccc3c2oc2ncccc23)cc1C(C)C. The van der Waals surface area contributed by atoms with Crippen LogP contribution in [0.2, 0.25) is 0 Å². The summed E-state index contributed by atoms with van der Waals surface area (Å²) in [6.45, 7) is 42.0. The third kappa shape index (κ3) is 17.7. The summed E-state index contributed by atoms with van der Waals surface area (Å²) in [7, 11) is 9.72.